The molecule has 1 saturated heterocycles. The van der Waals surface area contributed by atoms with Crippen LogP contribution in [0.15, 0.2) is 0 Å². The van der Waals surface area contributed by atoms with E-state index in [1.54, 1.807) is 7.11 Å². The van der Waals surface area contributed by atoms with Crippen LogP contribution in [-0.4, -0.2) is 31.7 Å². The molecule has 0 aliphatic carbocycles. The van der Waals surface area contributed by atoms with Crippen LogP contribution in [0.3, 0.4) is 0 Å². The second kappa shape index (κ2) is 5.61. The van der Waals surface area contributed by atoms with E-state index in [1.807, 2.05) is 6.92 Å². The Labute approximate surface area is 92.1 Å². The molecule has 15 heavy (non-hydrogen) atoms. The summed E-state index contributed by atoms with van der Waals surface area (Å²) in [6.07, 6.45) is 3.40. The topological polar surface area (TPSA) is 35.5 Å². The van der Waals surface area contributed by atoms with Crippen molar-refractivity contribution in [3.63, 3.8) is 0 Å². The third-order valence-electron chi connectivity index (χ3n) is 3.31. The van der Waals surface area contributed by atoms with Crippen molar-refractivity contribution in [1.29, 1.82) is 0 Å². The van der Waals surface area contributed by atoms with Gasteiger partial charge in [-0.15, -0.1) is 0 Å². The molecule has 3 nitrogen and oxygen atoms in total. The molecule has 0 aromatic carbocycles. The van der Waals surface area contributed by atoms with Crippen molar-refractivity contribution in [3.05, 3.63) is 0 Å². The van der Waals surface area contributed by atoms with Gasteiger partial charge in [-0.05, 0) is 6.42 Å². The predicted octanol–water partition coefficient (Wildman–Crippen LogP) is 2.19. The Kier molecular flexibility index (Phi) is 4.74. The van der Waals surface area contributed by atoms with Gasteiger partial charge in [0.25, 0.3) is 0 Å². The summed E-state index contributed by atoms with van der Waals surface area (Å²) in [7, 11) is 1.64. The van der Waals surface area contributed by atoms with Crippen LogP contribution in [-0.2, 0) is 14.3 Å². The molecule has 0 radical (unpaired) electrons. The van der Waals surface area contributed by atoms with Crippen LogP contribution in [0, 0.1) is 5.92 Å². The lowest BCUT2D eigenvalue weighted by Gasteiger charge is -2.36. The number of hydrogen-bond acceptors (Lipinski definition) is 3. The minimum absolute atomic E-state index is 0.105. The molecule has 0 aromatic heterocycles. The molecule has 1 aliphatic rings. The Bertz CT molecular complexity index is 207. The summed E-state index contributed by atoms with van der Waals surface area (Å²) in [5, 5.41) is 0. The normalized spacial score (nSPS) is 22.3. The largest absolute Gasteiger partial charge is 0.381 e. The zero-order valence-corrected chi connectivity index (χ0v) is 10.0. The molecule has 1 unspecified atom stereocenters. The maximum atomic E-state index is 12.3. The Balaban J connectivity index is 2.67. The molecule has 0 bridgehead atoms. The van der Waals surface area contributed by atoms with Crippen LogP contribution >= 0.6 is 0 Å². The van der Waals surface area contributed by atoms with Gasteiger partial charge in [-0.3, -0.25) is 4.79 Å². The Morgan fingerprint density at radius 3 is 2.53 bits per heavy atom. The maximum absolute atomic E-state index is 12.3. The quantitative estimate of drug-likeness (QED) is 0.703. The molecular formula is C12H22O3. The fourth-order valence-corrected chi connectivity index (χ4v) is 2.27. The van der Waals surface area contributed by atoms with Crippen LogP contribution in [0.4, 0.5) is 0 Å². The summed E-state index contributed by atoms with van der Waals surface area (Å²) >= 11 is 0. The first-order valence-electron chi connectivity index (χ1n) is 5.83. The number of ketones is 1. The Morgan fingerprint density at radius 1 is 1.47 bits per heavy atom. The average molecular weight is 214 g/mol. The van der Waals surface area contributed by atoms with Crippen LogP contribution in [0.1, 0.15) is 39.5 Å². The summed E-state index contributed by atoms with van der Waals surface area (Å²) in [6, 6.07) is 0. The zero-order valence-electron chi connectivity index (χ0n) is 10.0. The molecule has 3 heteroatoms. The standard InChI is InChI=1S/C12H22O3/c1-4-5-10(2)11(13)12(14-3)6-8-15-9-7-12/h10H,4-9H2,1-3H3. The highest BCUT2D eigenvalue weighted by Crippen LogP contribution is 2.29. The smallest absolute Gasteiger partial charge is 0.167 e. The van der Waals surface area contributed by atoms with Crippen molar-refractivity contribution in [2.24, 2.45) is 5.92 Å². The fourth-order valence-electron chi connectivity index (χ4n) is 2.27. The van der Waals surface area contributed by atoms with E-state index in [2.05, 4.69) is 6.92 Å². The van der Waals surface area contributed by atoms with Crippen LogP contribution < -0.4 is 0 Å². The van der Waals surface area contributed by atoms with Gasteiger partial charge in [-0.25, -0.2) is 0 Å². The highest BCUT2D eigenvalue weighted by molar-refractivity contribution is 5.89. The summed E-state index contributed by atoms with van der Waals surface area (Å²) in [5.74, 6) is 0.364. The molecule has 1 fully saturated rings. The third kappa shape index (κ3) is 2.79. The van der Waals surface area contributed by atoms with Gasteiger partial charge in [0.15, 0.2) is 5.78 Å². The Morgan fingerprint density at radius 2 is 2.07 bits per heavy atom. The molecule has 88 valence electrons. The van der Waals surface area contributed by atoms with Crippen molar-refractivity contribution in [3.8, 4) is 0 Å². The van der Waals surface area contributed by atoms with Gasteiger partial charge < -0.3 is 9.47 Å². The number of rotatable bonds is 5. The number of methoxy groups -OCH3 is 1. The van der Waals surface area contributed by atoms with Crippen molar-refractivity contribution >= 4 is 5.78 Å². The van der Waals surface area contributed by atoms with E-state index in [-0.39, 0.29) is 11.7 Å². The second-order valence-electron chi connectivity index (χ2n) is 4.36. The van der Waals surface area contributed by atoms with E-state index in [4.69, 9.17) is 9.47 Å². The molecule has 0 aromatic rings. The van der Waals surface area contributed by atoms with E-state index >= 15 is 0 Å². The molecule has 1 heterocycles. The van der Waals surface area contributed by atoms with Crippen LogP contribution in [0.5, 0.6) is 0 Å². The molecule has 1 aliphatic heterocycles. The lowest BCUT2D eigenvalue weighted by Crippen LogP contribution is -2.48. The summed E-state index contributed by atoms with van der Waals surface area (Å²) in [5.41, 5.74) is -0.563. The number of carbonyl (C=O) groups excluding carboxylic acids is 1. The molecule has 1 atom stereocenters. The molecular weight excluding hydrogens is 192 g/mol. The van der Waals surface area contributed by atoms with Gasteiger partial charge in [-0.1, -0.05) is 20.3 Å². The van der Waals surface area contributed by atoms with Crippen molar-refractivity contribution in [2.45, 2.75) is 45.1 Å². The maximum Gasteiger partial charge on any atom is 0.167 e. The van der Waals surface area contributed by atoms with E-state index in [0.29, 0.717) is 26.1 Å². The highest BCUT2D eigenvalue weighted by atomic mass is 16.5. The molecule has 0 amide bonds. The summed E-state index contributed by atoms with van der Waals surface area (Å²) in [4.78, 5) is 12.3. The van der Waals surface area contributed by atoms with E-state index in [9.17, 15) is 4.79 Å². The average Bonchev–Trinajstić information content (AvgIpc) is 2.29. The minimum Gasteiger partial charge on any atom is -0.381 e. The molecule has 0 N–H and O–H groups in total. The van der Waals surface area contributed by atoms with E-state index in [1.165, 1.54) is 0 Å². The first-order chi connectivity index (χ1) is 7.16. The second-order valence-corrected chi connectivity index (χ2v) is 4.36. The number of Topliss-reactive ketones (excluding diaryl/α,β-unsaturated/α-hetero) is 1. The monoisotopic (exact) mass is 214 g/mol. The number of hydrogen-bond donors (Lipinski definition) is 0. The van der Waals surface area contributed by atoms with Gasteiger partial charge >= 0.3 is 0 Å². The molecule has 1 rings (SSSR count). The van der Waals surface area contributed by atoms with Gasteiger partial charge in [0.05, 0.1) is 0 Å². The third-order valence-corrected chi connectivity index (χ3v) is 3.31. The van der Waals surface area contributed by atoms with Crippen LogP contribution in [0.25, 0.3) is 0 Å². The lowest BCUT2D eigenvalue weighted by atomic mass is 9.82. The lowest BCUT2D eigenvalue weighted by molar-refractivity contribution is -0.156. The highest BCUT2D eigenvalue weighted by Gasteiger charge is 2.41. The first kappa shape index (κ1) is 12.7. The number of carbonyl (C=O) groups is 1. The van der Waals surface area contributed by atoms with E-state index in [0.717, 1.165) is 12.8 Å². The van der Waals surface area contributed by atoms with Gasteiger partial charge in [0.2, 0.25) is 0 Å². The molecule has 0 spiro atoms. The van der Waals surface area contributed by atoms with Gasteiger partial charge in [0.1, 0.15) is 5.60 Å². The predicted molar refractivity (Wildman–Crippen MR) is 58.9 cm³/mol. The zero-order chi connectivity index (χ0) is 11.3. The van der Waals surface area contributed by atoms with Crippen molar-refractivity contribution in [1.82, 2.24) is 0 Å². The van der Waals surface area contributed by atoms with Crippen molar-refractivity contribution < 1.29 is 14.3 Å². The van der Waals surface area contributed by atoms with Crippen LogP contribution in [0.2, 0.25) is 0 Å². The first-order valence-corrected chi connectivity index (χ1v) is 5.83. The molecule has 0 saturated carbocycles. The fraction of sp³-hybridized carbons (Fsp3) is 0.917. The van der Waals surface area contributed by atoms with Gasteiger partial charge in [0, 0.05) is 39.1 Å². The Hall–Kier alpha value is -0.410. The van der Waals surface area contributed by atoms with Crippen molar-refractivity contribution in [2.75, 3.05) is 20.3 Å². The van der Waals surface area contributed by atoms with Gasteiger partial charge in [-0.2, -0.15) is 0 Å². The summed E-state index contributed by atoms with van der Waals surface area (Å²) < 4.78 is 10.8. The van der Waals surface area contributed by atoms with E-state index < -0.39 is 5.60 Å². The summed E-state index contributed by atoms with van der Waals surface area (Å²) in [6.45, 7) is 5.38. The minimum atomic E-state index is -0.563. The SMILES string of the molecule is CCCC(C)C(=O)C1(OC)CCOCC1. The number of ether oxygens (including phenoxy) is 2.